The van der Waals surface area contributed by atoms with Crippen LogP contribution in [0.5, 0.6) is 0 Å². The molecule has 0 aliphatic carbocycles. The maximum atomic E-state index is 13.9. The molecule has 2 atom stereocenters. The highest BCUT2D eigenvalue weighted by molar-refractivity contribution is 6.30. The number of carbonyl (C=O) groups is 3. The number of piperidine rings is 1. The molecule has 3 N–H and O–H groups in total. The van der Waals surface area contributed by atoms with E-state index in [1.165, 1.54) is 23.2 Å². The van der Waals surface area contributed by atoms with E-state index >= 15 is 0 Å². The largest absolute Gasteiger partial charge is 0.477 e. The Hall–Kier alpha value is -4.55. The van der Waals surface area contributed by atoms with Crippen LogP contribution in [-0.4, -0.2) is 89.6 Å². The fraction of sp³-hybridized carbons (Fsp3) is 0.310. The standard InChI is InChI=1S/C29H29ClN8O4/c30-20-5-8-24(38-17-31-34-35-38)18(14-20)4-9-26(39)37-13-10-25(36-11-2-1-3-12-36)27(37)28(40)32-21-6-7-22-19(15-21)16-23(33-22)29(41)42/h4-9,14-17,25,27,33H,1-3,10-13H2,(H,32,40)(H,41,42)/b9-4+/t25-,27+/m1/s1. The predicted octanol–water partition coefficient (Wildman–Crippen LogP) is 3.60. The Balaban J connectivity index is 1.26. The molecule has 216 valence electrons. The van der Waals surface area contributed by atoms with Crippen molar-refractivity contribution in [3.8, 4) is 5.69 Å². The summed E-state index contributed by atoms with van der Waals surface area (Å²) in [5, 5.41) is 24.8. The molecule has 13 heteroatoms. The second-order valence-corrected chi connectivity index (χ2v) is 10.9. The van der Waals surface area contributed by atoms with Crippen LogP contribution in [0.15, 0.2) is 54.9 Å². The van der Waals surface area contributed by atoms with E-state index in [1.807, 2.05) is 0 Å². The number of tetrazole rings is 1. The van der Waals surface area contributed by atoms with Gasteiger partial charge in [-0.3, -0.25) is 14.5 Å². The molecule has 2 amide bonds. The molecule has 42 heavy (non-hydrogen) atoms. The molecule has 2 aromatic carbocycles. The van der Waals surface area contributed by atoms with Crippen molar-refractivity contribution in [3.63, 3.8) is 0 Å². The summed E-state index contributed by atoms with van der Waals surface area (Å²) in [6, 6.07) is 11.1. The number of nitrogens with zero attached hydrogens (tertiary/aromatic N) is 6. The van der Waals surface area contributed by atoms with E-state index in [-0.39, 0.29) is 23.6 Å². The first-order valence-electron chi connectivity index (χ1n) is 13.8. The number of rotatable bonds is 7. The molecule has 12 nitrogen and oxygen atoms in total. The number of hydrogen-bond donors (Lipinski definition) is 3. The van der Waals surface area contributed by atoms with E-state index in [1.54, 1.807) is 47.4 Å². The number of carboxylic acid groups (broad SMARTS) is 1. The van der Waals surface area contributed by atoms with Crippen molar-refractivity contribution < 1.29 is 19.5 Å². The van der Waals surface area contributed by atoms with Gasteiger partial charge in [-0.05, 0) is 91.3 Å². The molecule has 0 unspecified atom stereocenters. The molecule has 6 rings (SSSR count). The van der Waals surface area contributed by atoms with Crippen molar-refractivity contribution in [2.75, 3.05) is 25.0 Å². The molecule has 2 fully saturated rings. The second-order valence-electron chi connectivity index (χ2n) is 10.5. The van der Waals surface area contributed by atoms with Crippen LogP contribution in [-0.2, 0) is 9.59 Å². The van der Waals surface area contributed by atoms with Crippen molar-refractivity contribution in [3.05, 3.63) is 71.1 Å². The summed E-state index contributed by atoms with van der Waals surface area (Å²) in [6.07, 6.45) is 8.53. The third-order valence-electron chi connectivity index (χ3n) is 7.89. The van der Waals surface area contributed by atoms with Gasteiger partial charge in [0.25, 0.3) is 0 Å². The first kappa shape index (κ1) is 27.6. The highest BCUT2D eigenvalue weighted by atomic mass is 35.5. The molecule has 0 spiro atoms. The zero-order chi connectivity index (χ0) is 29.2. The number of aromatic amines is 1. The lowest BCUT2D eigenvalue weighted by Gasteiger charge is -2.36. The van der Waals surface area contributed by atoms with Gasteiger partial charge >= 0.3 is 5.97 Å². The number of aromatic nitrogens is 5. The number of fused-ring (bicyclic) bond motifs is 1. The number of aromatic carboxylic acids is 1. The van der Waals surface area contributed by atoms with Gasteiger partial charge in [-0.1, -0.05) is 18.0 Å². The summed E-state index contributed by atoms with van der Waals surface area (Å²) >= 11 is 6.24. The lowest BCUT2D eigenvalue weighted by molar-refractivity contribution is -0.134. The van der Waals surface area contributed by atoms with Crippen LogP contribution in [0.25, 0.3) is 22.7 Å². The Bertz CT molecular complexity index is 1660. The Morgan fingerprint density at radius 3 is 2.64 bits per heavy atom. The van der Waals surface area contributed by atoms with E-state index in [9.17, 15) is 19.5 Å². The minimum Gasteiger partial charge on any atom is -0.477 e. The van der Waals surface area contributed by atoms with Crippen molar-refractivity contribution in [1.29, 1.82) is 0 Å². The monoisotopic (exact) mass is 588 g/mol. The summed E-state index contributed by atoms with van der Waals surface area (Å²) in [4.78, 5) is 45.7. The van der Waals surface area contributed by atoms with Gasteiger partial charge in [0.2, 0.25) is 11.8 Å². The van der Waals surface area contributed by atoms with Gasteiger partial charge in [-0.2, -0.15) is 4.68 Å². The minimum atomic E-state index is -1.06. The smallest absolute Gasteiger partial charge is 0.352 e. The minimum absolute atomic E-state index is 0.0703. The van der Waals surface area contributed by atoms with Gasteiger partial charge in [-0.15, -0.1) is 5.10 Å². The van der Waals surface area contributed by atoms with Crippen LogP contribution in [0.4, 0.5) is 5.69 Å². The van der Waals surface area contributed by atoms with Crippen LogP contribution in [0, 0.1) is 0 Å². The molecule has 0 saturated carbocycles. The number of likely N-dealkylation sites (tertiary alicyclic amines) is 2. The summed E-state index contributed by atoms with van der Waals surface area (Å²) < 4.78 is 1.49. The van der Waals surface area contributed by atoms with Gasteiger partial charge in [-0.25, -0.2) is 4.79 Å². The van der Waals surface area contributed by atoms with Crippen molar-refractivity contribution in [2.45, 2.75) is 37.8 Å². The van der Waals surface area contributed by atoms with Crippen LogP contribution >= 0.6 is 11.6 Å². The molecular formula is C29H29ClN8O4. The number of hydrogen-bond acceptors (Lipinski definition) is 7. The van der Waals surface area contributed by atoms with Gasteiger partial charge in [0.15, 0.2) is 0 Å². The van der Waals surface area contributed by atoms with Crippen LogP contribution in [0.3, 0.4) is 0 Å². The topological polar surface area (TPSA) is 149 Å². The van der Waals surface area contributed by atoms with Gasteiger partial charge < -0.3 is 20.3 Å². The van der Waals surface area contributed by atoms with E-state index in [0.29, 0.717) is 45.8 Å². The van der Waals surface area contributed by atoms with Crippen LogP contribution in [0.2, 0.25) is 5.02 Å². The summed E-state index contributed by atoms with van der Waals surface area (Å²) in [5.74, 6) is -1.63. The van der Waals surface area contributed by atoms with Gasteiger partial charge in [0.1, 0.15) is 18.1 Å². The molecule has 4 heterocycles. The molecule has 4 aromatic rings. The fourth-order valence-corrected chi connectivity index (χ4v) is 6.09. The third kappa shape index (κ3) is 5.63. The van der Waals surface area contributed by atoms with Crippen LogP contribution in [0.1, 0.15) is 41.7 Å². The predicted molar refractivity (Wildman–Crippen MR) is 156 cm³/mol. The molecule has 2 aliphatic heterocycles. The Labute approximate surface area is 245 Å². The normalized spacial score (nSPS) is 19.5. The maximum absolute atomic E-state index is 13.9. The molecule has 0 radical (unpaired) electrons. The number of nitrogens with one attached hydrogen (secondary N) is 2. The lowest BCUT2D eigenvalue weighted by Crippen LogP contribution is -2.53. The number of carboxylic acids is 1. The second kappa shape index (κ2) is 11.7. The number of benzene rings is 2. The van der Waals surface area contributed by atoms with Crippen molar-refractivity contribution in [1.82, 2.24) is 35.0 Å². The third-order valence-corrected chi connectivity index (χ3v) is 8.12. The Morgan fingerprint density at radius 1 is 1.05 bits per heavy atom. The van der Waals surface area contributed by atoms with E-state index in [4.69, 9.17) is 11.6 Å². The van der Waals surface area contributed by atoms with Crippen LogP contribution < -0.4 is 5.32 Å². The van der Waals surface area contributed by atoms with E-state index in [0.717, 1.165) is 32.4 Å². The van der Waals surface area contributed by atoms with Gasteiger partial charge in [0.05, 0.1) is 5.69 Å². The van der Waals surface area contributed by atoms with Gasteiger partial charge in [0, 0.05) is 45.8 Å². The first-order chi connectivity index (χ1) is 20.4. The SMILES string of the molecule is O=C(O)c1cc2cc(NC(=O)[C@@H]3[C@H](N4CCCCC4)CCN3C(=O)/C=C/c3cc(Cl)ccc3-n3cnnn3)ccc2[nH]1. The van der Waals surface area contributed by atoms with E-state index in [2.05, 4.69) is 30.7 Å². The number of halogens is 1. The molecule has 2 aromatic heterocycles. The fourth-order valence-electron chi connectivity index (χ4n) is 5.91. The maximum Gasteiger partial charge on any atom is 0.352 e. The summed E-state index contributed by atoms with van der Waals surface area (Å²) in [6.45, 7) is 2.21. The zero-order valence-corrected chi connectivity index (χ0v) is 23.4. The molecule has 2 saturated heterocycles. The zero-order valence-electron chi connectivity index (χ0n) is 22.6. The summed E-state index contributed by atoms with van der Waals surface area (Å²) in [5.41, 5.74) is 2.56. The highest BCUT2D eigenvalue weighted by Crippen LogP contribution is 2.29. The Kier molecular flexibility index (Phi) is 7.72. The van der Waals surface area contributed by atoms with Crippen molar-refractivity contribution in [2.24, 2.45) is 0 Å². The average molecular weight is 589 g/mol. The molecule has 2 aliphatic rings. The highest BCUT2D eigenvalue weighted by Gasteiger charge is 2.44. The first-order valence-corrected chi connectivity index (χ1v) is 14.2. The molecule has 0 bridgehead atoms. The quantitative estimate of drug-likeness (QED) is 0.277. The summed E-state index contributed by atoms with van der Waals surface area (Å²) in [7, 11) is 0. The average Bonchev–Trinajstić information content (AvgIpc) is 3.76. The number of H-pyrrole nitrogens is 1. The number of carbonyl (C=O) groups excluding carboxylic acids is 2. The number of amides is 2. The lowest BCUT2D eigenvalue weighted by atomic mass is 10.0. The van der Waals surface area contributed by atoms with Crippen molar-refractivity contribution >= 4 is 52.1 Å². The number of anilines is 1. The van der Waals surface area contributed by atoms with E-state index < -0.39 is 12.0 Å². The Morgan fingerprint density at radius 2 is 1.88 bits per heavy atom. The molecular weight excluding hydrogens is 560 g/mol.